The number of benzene rings is 2. The van der Waals surface area contributed by atoms with Gasteiger partial charge in [-0.1, -0.05) is 38.1 Å². The van der Waals surface area contributed by atoms with Crippen molar-refractivity contribution in [2.45, 2.75) is 26.7 Å². The second-order valence-corrected chi connectivity index (χ2v) is 6.02. The fraction of sp³-hybridized carbons (Fsp3) is 0.200. The van der Waals surface area contributed by atoms with Crippen LogP contribution < -0.4 is 10.6 Å². The summed E-state index contributed by atoms with van der Waals surface area (Å²) < 4.78 is 13.6. The van der Waals surface area contributed by atoms with Gasteiger partial charge in [-0.15, -0.1) is 0 Å². The quantitative estimate of drug-likeness (QED) is 0.784. The molecule has 0 heterocycles. The highest BCUT2D eigenvalue weighted by Gasteiger charge is 2.06. The number of anilines is 2. The van der Waals surface area contributed by atoms with E-state index in [1.807, 2.05) is 24.3 Å². The molecule has 0 fully saturated rings. The van der Waals surface area contributed by atoms with Gasteiger partial charge in [0.05, 0.1) is 5.69 Å². The summed E-state index contributed by atoms with van der Waals surface area (Å²) in [6, 6.07) is 12.0. The summed E-state index contributed by atoms with van der Waals surface area (Å²) in [5, 5.41) is 5.01. The third-order valence-electron chi connectivity index (χ3n) is 3.57. The number of halogens is 1. The number of amides is 2. The van der Waals surface area contributed by atoms with Gasteiger partial charge < -0.3 is 10.6 Å². The van der Waals surface area contributed by atoms with Gasteiger partial charge in [-0.25, -0.2) is 4.39 Å². The zero-order valence-corrected chi connectivity index (χ0v) is 14.5. The van der Waals surface area contributed by atoms with E-state index >= 15 is 0 Å². The topological polar surface area (TPSA) is 58.2 Å². The Hall–Kier alpha value is -2.95. The maximum Gasteiger partial charge on any atom is 0.248 e. The maximum atomic E-state index is 13.6. The maximum absolute atomic E-state index is 13.6. The van der Waals surface area contributed by atoms with Crippen LogP contribution in [0.15, 0.2) is 48.5 Å². The van der Waals surface area contributed by atoms with Crippen molar-refractivity contribution in [3.8, 4) is 0 Å². The Bertz CT molecular complexity index is 796. The SMILES string of the molecule is CC(=O)Nc1cc(NC(=O)/C=C/c2ccc(C(C)C)cc2)ccc1F. The van der Waals surface area contributed by atoms with E-state index in [-0.39, 0.29) is 17.5 Å². The molecule has 0 saturated heterocycles. The fourth-order valence-electron chi connectivity index (χ4n) is 2.24. The van der Waals surface area contributed by atoms with Crippen molar-refractivity contribution >= 4 is 29.3 Å². The van der Waals surface area contributed by atoms with Gasteiger partial charge in [-0.2, -0.15) is 0 Å². The molecule has 0 aromatic heterocycles. The Morgan fingerprint density at radius 1 is 1.04 bits per heavy atom. The van der Waals surface area contributed by atoms with Crippen LogP contribution >= 0.6 is 0 Å². The summed E-state index contributed by atoms with van der Waals surface area (Å²) in [6.07, 6.45) is 3.11. The normalized spacial score (nSPS) is 10.9. The number of rotatable bonds is 5. The minimum absolute atomic E-state index is 0.0264. The van der Waals surface area contributed by atoms with Crippen LogP contribution in [0.3, 0.4) is 0 Å². The molecular formula is C20H21FN2O2. The van der Waals surface area contributed by atoms with Crippen LogP contribution in [0.25, 0.3) is 6.08 Å². The highest BCUT2D eigenvalue weighted by Crippen LogP contribution is 2.20. The summed E-state index contributed by atoms with van der Waals surface area (Å²) >= 11 is 0. The van der Waals surface area contributed by atoms with Gasteiger partial charge in [-0.05, 0) is 41.3 Å². The average molecular weight is 340 g/mol. The molecule has 0 spiro atoms. The third kappa shape index (κ3) is 5.57. The van der Waals surface area contributed by atoms with Crippen LogP contribution in [0.1, 0.15) is 37.8 Å². The smallest absolute Gasteiger partial charge is 0.248 e. The van der Waals surface area contributed by atoms with E-state index < -0.39 is 5.82 Å². The zero-order valence-electron chi connectivity index (χ0n) is 14.5. The molecule has 2 aromatic carbocycles. The monoisotopic (exact) mass is 340 g/mol. The molecule has 0 atom stereocenters. The average Bonchev–Trinajstić information content (AvgIpc) is 2.56. The van der Waals surface area contributed by atoms with Crippen molar-refractivity contribution < 1.29 is 14.0 Å². The van der Waals surface area contributed by atoms with Gasteiger partial charge in [-0.3, -0.25) is 9.59 Å². The van der Waals surface area contributed by atoms with E-state index in [1.165, 1.54) is 36.8 Å². The van der Waals surface area contributed by atoms with Crippen molar-refractivity contribution in [2.24, 2.45) is 0 Å². The van der Waals surface area contributed by atoms with E-state index in [0.29, 0.717) is 11.6 Å². The first-order valence-corrected chi connectivity index (χ1v) is 8.01. The first kappa shape index (κ1) is 18.4. The predicted octanol–water partition coefficient (Wildman–Crippen LogP) is 4.56. The molecule has 2 rings (SSSR count). The van der Waals surface area contributed by atoms with Crippen LogP contribution in [0.4, 0.5) is 15.8 Å². The molecule has 0 aliphatic rings. The molecule has 0 aliphatic carbocycles. The molecule has 130 valence electrons. The highest BCUT2D eigenvalue weighted by molar-refractivity contribution is 6.02. The Morgan fingerprint density at radius 3 is 2.32 bits per heavy atom. The van der Waals surface area contributed by atoms with Gasteiger partial charge in [0.25, 0.3) is 0 Å². The molecule has 2 amide bonds. The molecule has 0 unspecified atom stereocenters. The lowest BCUT2D eigenvalue weighted by Crippen LogP contribution is -2.10. The van der Waals surface area contributed by atoms with Crippen molar-refractivity contribution in [1.29, 1.82) is 0 Å². The van der Waals surface area contributed by atoms with Crippen molar-refractivity contribution in [1.82, 2.24) is 0 Å². The predicted molar refractivity (Wildman–Crippen MR) is 98.9 cm³/mol. The lowest BCUT2D eigenvalue weighted by atomic mass is 10.0. The molecule has 5 heteroatoms. The molecule has 2 N–H and O–H groups in total. The standard InChI is InChI=1S/C20H21FN2O2/c1-13(2)16-7-4-15(5-8-16)6-11-20(25)23-17-9-10-18(21)19(12-17)22-14(3)24/h4-13H,1-3H3,(H,22,24)(H,23,25)/b11-6+. The van der Waals surface area contributed by atoms with Crippen LogP contribution in [-0.4, -0.2) is 11.8 Å². The second-order valence-electron chi connectivity index (χ2n) is 6.02. The van der Waals surface area contributed by atoms with Crippen molar-refractivity contribution in [3.63, 3.8) is 0 Å². The van der Waals surface area contributed by atoms with Crippen LogP contribution in [-0.2, 0) is 9.59 Å². The largest absolute Gasteiger partial charge is 0.324 e. The van der Waals surface area contributed by atoms with E-state index in [0.717, 1.165) is 5.56 Å². The number of nitrogens with one attached hydrogen (secondary N) is 2. The Kier molecular flexibility index (Phi) is 6.06. The first-order chi connectivity index (χ1) is 11.8. The van der Waals surface area contributed by atoms with E-state index in [4.69, 9.17) is 0 Å². The number of hydrogen-bond donors (Lipinski definition) is 2. The molecule has 0 aliphatic heterocycles. The minimum atomic E-state index is -0.561. The van der Waals surface area contributed by atoms with Crippen LogP contribution in [0.5, 0.6) is 0 Å². The first-order valence-electron chi connectivity index (χ1n) is 8.01. The lowest BCUT2D eigenvalue weighted by Gasteiger charge is -2.07. The molecule has 25 heavy (non-hydrogen) atoms. The van der Waals surface area contributed by atoms with Gasteiger partial charge in [0.1, 0.15) is 5.82 Å². The highest BCUT2D eigenvalue weighted by atomic mass is 19.1. The Morgan fingerprint density at radius 2 is 1.72 bits per heavy atom. The minimum Gasteiger partial charge on any atom is -0.324 e. The number of carbonyl (C=O) groups is 2. The van der Waals surface area contributed by atoms with E-state index in [2.05, 4.69) is 24.5 Å². The van der Waals surface area contributed by atoms with Crippen molar-refractivity contribution in [3.05, 3.63) is 65.5 Å². The molecule has 0 radical (unpaired) electrons. The van der Waals surface area contributed by atoms with Crippen molar-refractivity contribution in [2.75, 3.05) is 10.6 Å². The molecular weight excluding hydrogens is 319 g/mol. The van der Waals surface area contributed by atoms with Crippen LogP contribution in [0, 0.1) is 5.82 Å². The molecule has 0 saturated carbocycles. The summed E-state index contributed by atoms with van der Waals surface area (Å²) in [7, 11) is 0. The Balaban J connectivity index is 2.03. The van der Waals surface area contributed by atoms with Crippen LogP contribution in [0.2, 0.25) is 0 Å². The second kappa shape index (κ2) is 8.24. The number of hydrogen-bond acceptors (Lipinski definition) is 2. The fourth-order valence-corrected chi connectivity index (χ4v) is 2.24. The summed E-state index contributed by atoms with van der Waals surface area (Å²) in [4.78, 5) is 23.0. The third-order valence-corrected chi connectivity index (χ3v) is 3.57. The van der Waals surface area contributed by atoms with E-state index in [1.54, 1.807) is 6.08 Å². The van der Waals surface area contributed by atoms with Gasteiger partial charge in [0.15, 0.2) is 0 Å². The van der Waals surface area contributed by atoms with E-state index in [9.17, 15) is 14.0 Å². The summed E-state index contributed by atoms with van der Waals surface area (Å²) in [5.74, 6) is -0.827. The number of carbonyl (C=O) groups excluding carboxylic acids is 2. The summed E-state index contributed by atoms with van der Waals surface area (Å²) in [6.45, 7) is 5.53. The lowest BCUT2D eigenvalue weighted by molar-refractivity contribution is -0.114. The molecule has 4 nitrogen and oxygen atoms in total. The molecule has 0 bridgehead atoms. The molecule has 2 aromatic rings. The van der Waals surface area contributed by atoms with Gasteiger partial charge in [0.2, 0.25) is 11.8 Å². The zero-order chi connectivity index (χ0) is 18.4. The Labute approximate surface area is 146 Å². The van der Waals surface area contributed by atoms with Gasteiger partial charge >= 0.3 is 0 Å². The summed E-state index contributed by atoms with van der Waals surface area (Å²) in [5.41, 5.74) is 2.57. The van der Waals surface area contributed by atoms with Gasteiger partial charge in [0, 0.05) is 18.7 Å².